The van der Waals surface area contributed by atoms with Crippen molar-refractivity contribution in [2.45, 2.75) is 76.9 Å². The van der Waals surface area contributed by atoms with Gasteiger partial charge in [-0.1, -0.05) is 60.8 Å². The minimum atomic E-state index is -1.03. The average molecular weight is 518 g/mol. The fourth-order valence-electron chi connectivity index (χ4n) is 6.21. The molecular formula is C30H35N3O5. The average Bonchev–Trinajstić information content (AvgIpc) is 3.43. The van der Waals surface area contributed by atoms with Gasteiger partial charge in [-0.2, -0.15) is 4.98 Å². The van der Waals surface area contributed by atoms with Gasteiger partial charge in [0.25, 0.3) is 5.89 Å². The molecule has 1 atom stereocenters. The Kier molecular flexibility index (Phi) is 7.03. The van der Waals surface area contributed by atoms with Crippen LogP contribution in [0, 0.1) is 5.41 Å². The van der Waals surface area contributed by atoms with E-state index in [1.807, 2.05) is 24.3 Å². The van der Waals surface area contributed by atoms with E-state index in [1.165, 1.54) is 37.7 Å². The van der Waals surface area contributed by atoms with Gasteiger partial charge in [0.1, 0.15) is 5.41 Å². The SMILES string of the molecule is CC1OC(C2(C(=O)O)CCCN(Cc3ccc(-c4noc(-c5ccc(C6CCCCC6)cc5)n4)cc3)C2)O1. The van der Waals surface area contributed by atoms with Gasteiger partial charge in [0.05, 0.1) is 0 Å². The molecular weight excluding hydrogens is 482 g/mol. The van der Waals surface area contributed by atoms with E-state index in [0.717, 1.165) is 29.7 Å². The molecule has 1 aromatic heterocycles. The molecule has 3 fully saturated rings. The van der Waals surface area contributed by atoms with Crippen LogP contribution in [0.25, 0.3) is 22.8 Å². The highest BCUT2D eigenvalue weighted by Gasteiger charge is 2.54. The molecule has 2 aromatic carbocycles. The Morgan fingerprint density at radius 3 is 2.39 bits per heavy atom. The number of hydrogen-bond acceptors (Lipinski definition) is 7. The van der Waals surface area contributed by atoms with Gasteiger partial charge in [0.2, 0.25) is 5.82 Å². The number of nitrogens with zero attached hydrogens (tertiary/aromatic N) is 3. The molecule has 2 saturated heterocycles. The fraction of sp³-hybridized carbons (Fsp3) is 0.500. The molecule has 6 rings (SSSR count). The zero-order valence-electron chi connectivity index (χ0n) is 21.8. The maximum atomic E-state index is 12.2. The van der Waals surface area contributed by atoms with E-state index in [4.69, 9.17) is 14.0 Å². The van der Waals surface area contributed by atoms with E-state index in [0.29, 0.717) is 37.1 Å². The summed E-state index contributed by atoms with van der Waals surface area (Å²) in [7, 11) is 0. The number of aromatic nitrogens is 2. The molecule has 1 unspecified atom stereocenters. The Balaban J connectivity index is 1.10. The van der Waals surface area contributed by atoms with Crippen LogP contribution < -0.4 is 0 Å². The lowest BCUT2D eigenvalue weighted by Gasteiger charge is -2.49. The Labute approximate surface area is 222 Å². The Hall–Kier alpha value is -3.07. The summed E-state index contributed by atoms with van der Waals surface area (Å²) in [6.45, 7) is 3.68. The van der Waals surface area contributed by atoms with E-state index in [-0.39, 0.29) is 6.29 Å². The van der Waals surface area contributed by atoms with Crippen molar-refractivity contribution in [3.8, 4) is 22.8 Å². The second-order valence-electron chi connectivity index (χ2n) is 11.0. The smallest absolute Gasteiger partial charge is 0.316 e. The molecule has 8 heteroatoms. The first-order chi connectivity index (χ1) is 18.5. The number of benzene rings is 2. The van der Waals surface area contributed by atoms with Crippen molar-refractivity contribution >= 4 is 5.97 Å². The van der Waals surface area contributed by atoms with Gasteiger partial charge >= 0.3 is 5.97 Å². The summed E-state index contributed by atoms with van der Waals surface area (Å²) >= 11 is 0. The summed E-state index contributed by atoms with van der Waals surface area (Å²) in [6, 6.07) is 16.6. The van der Waals surface area contributed by atoms with Crippen LogP contribution in [0.4, 0.5) is 0 Å². The third kappa shape index (κ3) is 5.00. The normalized spacial score (nSPS) is 26.7. The number of ether oxygens (including phenoxy) is 2. The van der Waals surface area contributed by atoms with Crippen LogP contribution in [0.2, 0.25) is 0 Å². The van der Waals surface area contributed by atoms with E-state index < -0.39 is 17.7 Å². The molecule has 0 amide bonds. The summed E-state index contributed by atoms with van der Waals surface area (Å²) in [5.41, 5.74) is 3.29. The first-order valence-corrected chi connectivity index (χ1v) is 13.8. The first-order valence-electron chi connectivity index (χ1n) is 13.8. The van der Waals surface area contributed by atoms with E-state index in [1.54, 1.807) is 6.92 Å². The molecule has 2 aliphatic heterocycles. The quantitative estimate of drug-likeness (QED) is 0.418. The lowest BCUT2D eigenvalue weighted by atomic mass is 9.78. The van der Waals surface area contributed by atoms with Gasteiger partial charge < -0.3 is 19.1 Å². The Bertz CT molecular complexity index is 1250. The van der Waals surface area contributed by atoms with E-state index in [2.05, 4.69) is 39.3 Å². The largest absolute Gasteiger partial charge is 0.481 e. The first kappa shape index (κ1) is 25.2. The zero-order valence-corrected chi connectivity index (χ0v) is 21.8. The summed E-state index contributed by atoms with van der Waals surface area (Å²) in [5, 5.41) is 14.2. The van der Waals surface area contributed by atoms with Gasteiger partial charge in [0, 0.05) is 24.2 Å². The second-order valence-corrected chi connectivity index (χ2v) is 11.0. The molecule has 3 aliphatic rings. The molecule has 1 N–H and O–H groups in total. The number of carboxylic acids is 1. The minimum Gasteiger partial charge on any atom is -0.481 e. The van der Waals surface area contributed by atoms with Crippen molar-refractivity contribution in [3.63, 3.8) is 0 Å². The third-order valence-corrected chi connectivity index (χ3v) is 8.39. The molecule has 8 nitrogen and oxygen atoms in total. The monoisotopic (exact) mass is 517 g/mol. The molecule has 3 heterocycles. The predicted molar refractivity (Wildman–Crippen MR) is 141 cm³/mol. The molecule has 3 aromatic rings. The fourth-order valence-corrected chi connectivity index (χ4v) is 6.21. The lowest BCUT2D eigenvalue weighted by Crippen LogP contribution is -2.60. The van der Waals surface area contributed by atoms with Crippen LogP contribution in [0.3, 0.4) is 0 Å². The minimum absolute atomic E-state index is 0.342. The predicted octanol–water partition coefficient (Wildman–Crippen LogP) is 5.84. The van der Waals surface area contributed by atoms with Crippen LogP contribution in [0.5, 0.6) is 0 Å². The number of carbonyl (C=O) groups is 1. The molecule has 38 heavy (non-hydrogen) atoms. The molecule has 0 spiro atoms. The van der Waals surface area contributed by atoms with Gasteiger partial charge in [-0.25, -0.2) is 0 Å². The number of likely N-dealkylation sites (tertiary alicyclic amines) is 1. The Morgan fingerprint density at radius 2 is 1.71 bits per heavy atom. The number of carboxylic acid groups (broad SMARTS) is 1. The molecule has 0 radical (unpaired) electrons. The number of piperidine rings is 1. The van der Waals surface area contributed by atoms with Crippen LogP contribution in [0.15, 0.2) is 53.1 Å². The summed E-state index contributed by atoms with van der Waals surface area (Å²) in [6.07, 6.45) is 6.87. The summed E-state index contributed by atoms with van der Waals surface area (Å²) in [4.78, 5) is 19.0. The Morgan fingerprint density at radius 1 is 1.00 bits per heavy atom. The van der Waals surface area contributed by atoms with Gasteiger partial charge in [0.15, 0.2) is 12.6 Å². The second kappa shape index (κ2) is 10.6. The van der Waals surface area contributed by atoms with Gasteiger partial charge in [-0.3, -0.25) is 9.69 Å². The van der Waals surface area contributed by atoms with Crippen LogP contribution in [-0.2, 0) is 20.8 Å². The number of rotatable bonds is 7. The molecule has 0 bridgehead atoms. The maximum Gasteiger partial charge on any atom is 0.316 e. The lowest BCUT2D eigenvalue weighted by molar-refractivity contribution is -0.409. The maximum absolute atomic E-state index is 12.2. The zero-order chi connectivity index (χ0) is 26.1. The highest BCUT2D eigenvalue weighted by molar-refractivity contribution is 5.76. The van der Waals surface area contributed by atoms with Crippen LogP contribution in [0.1, 0.15) is 68.9 Å². The summed E-state index contributed by atoms with van der Waals surface area (Å²) < 4.78 is 16.8. The highest BCUT2D eigenvalue weighted by Crippen LogP contribution is 2.41. The van der Waals surface area contributed by atoms with E-state index in [9.17, 15) is 9.90 Å². The van der Waals surface area contributed by atoms with Gasteiger partial charge in [-0.05, 0) is 68.3 Å². The van der Waals surface area contributed by atoms with Crippen LogP contribution in [-0.4, -0.2) is 51.8 Å². The molecule has 1 aliphatic carbocycles. The van der Waals surface area contributed by atoms with Crippen molar-refractivity contribution in [3.05, 3.63) is 59.7 Å². The van der Waals surface area contributed by atoms with Crippen molar-refractivity contribution in [1.29, 1.82) is 0 Å². The summed E-state index contributed by atoms with van der Waals surface area (Å²) in [5.74, 6) is 0.890. The van der Waals surface area contributed by atoms with E-state index >= 15 is 0 Å². The van der Waals surface area contributed by atoms with Crippen molar-refractivity contribution in [1.82, 2.24) is 15.0 Å². The molecule has 200 valence electrons. The van der Waals surface area contributed by atoms with Crippen molar-refractivity contribution < 1.29 is 23.9 Å². The van der Waals surface area contributed by atoms with Crippen molar-refractivity contribution in [2.24, 2.45) is 5.41 Å². The van der Waals surface area contributed by atoms with Crippen LogP contribution >= 0.6 is 0 Å². The third-order valence-electron chi connectivity index (χ3n) is 8.39. The highest BCUT2D eigenvalue weighted by atomic mass is 16.9. The number of aliphatic carboxylic acids is 1. The topological polar surface area (TPSA) is 97.9 Å². The molecule has 1 saturated carbocycles. The van der Waals surface area contributed by atoms with Gasteiger partial charge in [-0.15, -0.1) is 0 Å². The van der Waals surface area contributed by atoms with Crippen molar-refractivity contribution in [2.75, 3.05) is 13.1 Å². The number of hydrogen-bond donors (Lipinski definition) is 1. The standard InChI is InChI=1S/C30H35N3O5/c1-20-36-29(37-20)30(28(34)35)16-5-17-33(19-30)18-21-8-10-24(11-9-21)26-31-27(38-32-26)25-14-12-23(13-15-25)22-6-3-2-4-7-22/h8-15,20,22,29H,2-7,16-19H2,1H3,(H,34,35).